The maximum atomic E-state index is 12.7. The number of aryl methyl sites for hydroxylation is 1. The summed E-state index contributed by atoms with van der Waals surface area (Å²) in [5.74, 6) is 0.488. The molecule has 1 aliphatic rings. The first-order valence-corrected chi connectivity index (χ1v) is 8.04. The number of fused-ring (bicyclic) bond motifs is 1. The van der Waals surface area contributed by atoms with Gasteiger partial charge in [0.15, 0.2) is 0 Å². The summed E-state index contributed by atoms with van der Waals surface area (Å²) in [6, 6.07) is 6.10. The smallest absolute Gasteiger partial charge is 0.227 e. The van der Waals surface area contributed by atoms with Crippen molar-refractivity contribution >= 4 is 17.9 Å². The molecule has 1 heterocycles. The number of aldehydes is 1. The Morgan fingerprint density at radius 1 is 1.41 bits per heavy atom. The lowest BCUT2D eigenvalue weighted by Gasteiger charge is -2.34. The van der Waals surface area contributed by atoms with Crippen LogP contribution < -0.4 is 0 Å². The number of carbonyl (C=O) groups is 2. The molecule has 0 aromatic heterocycles. The summed E-state index contributed by atoms with van der Waals surface area (Å²) >= 11 is 0. The SMILES string of the molecule is CCC(C)CC(=O)N1CCc2c(C)cccc2C1=C(C)C=O. The summed E-state index contributed by atoms with van der Waals surface area (Å²) in [7, 11) is 0. The van der Waals surface area contributed by atoms with Gasteiger partial charge in [0.1, 0.15) is 6.29 Å². The minimum atomic E-state index is 0.123. The highest BCUT2D eigenvalue weighted by Crippen LogP contribution is 2.33. The molecule has 0 aliphatic carbocycles. The molecule has 118 valence electrons. The first-order chi connectivity index (χ1) is 10.5. The number of carbonyl (C=O) groups excluding carboxylic acids is 2. The van der Waals surface area contributed by atoms with E-state index in [0.29, 0.717) is 24.5 Å². The van der Waals surface area contributed by atoms with E-state index in [2.05, 4.69) is 26.8 Å². The Labute approximate surface area is 133 Å². The summed E-state index contributed by atoms with van der Waals surface area (Å²) in [4.78, 5) is 25.8. The molecule has 0 spiro atoms. The highest BCUT2D eigenvalue weighted by Gasteiger charge is 2.28. The minimum Gasteiger partial charge on any atom is -0.311 e. The van der Waals surface area contributed by atoms with Crippen LogP contribution in [0.25, 0.3) is 5.70 Å². The van der Waals surface area contributed by atoms with Gasteiger partial charge in [0.2, 0.25) is 5.91 Å². The van der Waals surface area contributed by atoms with E-state index in [1.165, 1.54) is 11.1 Å². The molecule has 3 nitrogen and oxygen atoms in total. The van der Waals surface area contributed by atoms with Gasteiger partial charge in [-0.2, -0.15) is 0 Å². The largest absolute Gasteiger partial charge is 0.311 e. The monoisotopic (exact) mass is 299 g/mol. The van der Waals surface area contributed by atoms with E-state index in [4.69, 9.17) is 0 Å². The van der Waals surface area contributed by atoms with E-state index in [-0.39, 0.29) is 5.91 Å². The zero-order chi connectivity index (χ0) is 16.3. The van der Waals surface area contributed by atoms with Gasteiger partial charge in [-0.25, -0.2) is 0 Å². The van der Waals surface area contributed by atoms with Crippen LogP contribution in [0.15, 0.2) is 23.8 Å². The van der Waals surface area contributed by atoms with E-state index in [1.54, 1.807) is 6.92 Å². The first-order valence-electron chi connectivity index (χ1n) is 8.04. The van der Waals surface area contributed by atoms with Crippen LogP contribution in [0.5, 0.6) is 0 Å². The summed E-state index contributed by atoms with van der Waals surface area (Å²) in [5, 5.41) is 0. The van der Waals surface area contributed by atoms with Gasteiger partial charge >= 0.3 is 0 Å². The zero-order valence-electron chi connectivity index (χ0n) is 14.0. The number of amides is 1. The third-order valence-electron chi connectivity index (χ3n) is 4.59. The Kier molecular flexibility index (Phi) is 5.17. The van der Waals surface area contributed by atoms with Crippen molar-refractivity contribution < 1.29 is 9.59 Å². The van der Waals surface area contributed by atoms with E-state index in [9.17, 15) is 9.59 Å². The summed E-state index contributed by atoms with van der Waals surface area (Å²) in [5.41, 5.74) is 4.94. The van der Waals surface area contributed by atoms with Crippen LogP contribution in [0.3, 0.4) is 0 Å². The van der Waals surface area contributed by atoms with Crippen molar-refractivity contribution in [2.45, 2.75) is 47.0 Å². The standard InChI is InChI=1S/C19H25NO2/c1-5-13(2)11-18(22)20-10-9-16-14(3)7-6-8-17(16)19(20)15(4)12-21/h6-8,12-13H,5,9-11H2,1-4H3. The van der Waals surface area contributed by atoms with Crippen LogP contribution in [0.2, 0.25) is 0 Å². The molecule has 1 aliphatic heterocycles. The number of allylic oxidation sites excluding steroid dienone is 1. The van der Waals surface area contributed by atoms with Crippen molar-refractivity contribution in [2.24, 2.45) is 5.92 Å². The number of rotatable bonds is 4. The van der Waals surface area contributed by atoms with Crippen LogP contribution >= 0.6 is 0 Å². The fourth-order valence-electron chi connectivity index (χ4n) is 3.02. The number of hydrogen-bond acceptors (Lipinski definition) is 2. The predicted molar refractivity (Wildman–Crippen MR) is 89.3 cm³/mol. The second-order valence-electron chi connectivity index (χ2n) is 6.26. The molecule has 1 aromatic rings. The molecular formula is C19H25NO2. The maximum absolute atomic E-state index is 12.7. The Morgan fingerprint density at radius 3 is 2.77 bits per heavy atom. The van der Waals surface area contributed by atoms with Crippen LogP contribution in [-0.4, -0.2) is 23.6 Å². The molecular weight excluding hydrogens is 274 g/mol. The van der Waals surface area contributed by atoms with Crippen LogP contribution in [-0.2, 0) is 16.0 Å². The molecule has 1 aromatic carbocycles. The average Bonchev–Trinajstić information content (AvgIpc) is 2.53. The molecule has 0 saturated carbocycles. The van der Waals surface area contributed by atoms with Gasteiger partial charge < -0.3 is 4.90 Å². The Balaban J connectivity index is 2.45. The summed E-state index contributed by atoms with van der Waals surface area (Å²) in [6.07, 6.45) is 3.23. The van der Waals surface area contributed by atoms with E-state index in [1.807, 2.05) is 17.0 Å². The lowest BCUT2D eigenvalue weighted by molar-refractivity contribution is -0.129. The van der Waals surface area contributed by atoms with Gasteiger partial charge in [-0.1, -0.05) is 38.5 Å². The molecule has 3 heteroatoms. The van der Waals surface area contributed by atoms with E-state index < -0.39 is 0 Å². The Bertz CT molecular complexity index is 616. The van der Waals surface area contributed by atoms with Gasteiger partial charge in [0, 0.05) is 24.1 Å². The maximum Gasteiger partial charge on any atom is 0.227 e. The Morgan fingerprint density at radius 2 is 2.14 bits per heavy atom. The van der Waals surface area contributed by atoms with Gasteiger partial charge in [0.05, 0.1) is 5.70 Å². The lowest BCUT2D eigenvalue weighted by atomic mass is 9.90. The molecule has 0 N–H and O–H groups in total. The molecule has 1 unspecified atom stereocenters. The lowest BCUT2D eigenvalue weighted by Crippen LogP contribution is -2.36. The first kappa shape index (κ1) is 16.5. The van der Waals surface area contributed by atoms with Crippen LogP contribution in [0.1, 0.15) is 50.3 Å². The minimum absolute atomic E-state index is 0.123. The molecule has 0 fully saturated rings. The second kappa shape index (κ2) is 6.91. The highest BCUT2D eigenvalue weighted by molar-refractivity contribution is 5.95. The van der Waals surface area contributed by atoms with E-state index >= 15 is 0 Å². The Hall–Kier alpha value is -1.90. The molecule has 2 rings (SSSR count). The van der Waals surface area contributed by atoms with Crippen LogP contribution in [0, 0.1) is 12.8 Å². The number of benzene rings is 1. The van der Waals surface area contributed by atoms with Crippen molar-refractivity contribution in [2.75, 3.05) is 6.54 Å². The molecule has 1 atom stereocenters. The van der Waals surface area contributed by atoms with Gasteiger partial charge in [0.25, 0.3) is 0 Å². The quantitative estimate of drug-likeness (QED) is 0.627. The van der Waals surface area contributed by atoms with E-state index in [0.717, 1.165) is 30.4 Å². The fourth-order valence-corrected chi connectivity index (χ4v) is 3.02. The van der Waals surface area contributed by atoms with Crippen molar-refractivity contribution in [3.05, 3.63) is 40.5 Å². The summed E-state index contributed by atoms with van der Waals surface area (Å²) in [6.45, 7) is 8.73. The van der Waals surface area contributed by atoms with Crippen molar-refractivity contribution in [3.63, 3.8) is 0 Å². The average molecular weight is 299 g/mol. The van der Waals surface area contributed by atoms with Crippen LogP contribution in [0.4, 0.5) is 0 Å². The van der Waals surface area contributed by atoms with Crippen molar-refractivity contribution in [1.82, 2.24) is 4.90 Å². The summed E-state index contributed by atoms with van der Waals surface area (Å²) < 4.78 is 0. The topological polar surface area (TPSA) is 37.4 Å². The molecule has 22 heavy (non-hydrogen) atoms. The molecule has 0 bridgehead atoms. The molecule has 0 radical (unpaired) electrons. The molecule has 1 amide bonds. The zero-order valence-corrected chi connectivity index (χ0v) is 14.0. The normalized spacial score (nSPS) is 17.7. The highest BCUT2D eigenvalue weighted by atomic mass is 16.2. The number of hydrogen-bond donors (Lipinski definition) is 0. The van der Waals surface area contributed by atoms with Crippen molar-refractivity contribution in [1.29, 1.82) is 0 Å². The molecule has 0 saturated heterocycles. The van der Waals surface area contributed by atoms with Gasteiger partial charge in [-0.3, -0.25) is 9.59 Å². The third-order valence-corrected chi connectivity index (χ3v) is 4.59. The van der Waals surface area contributed by atoms with Crippen molar-refractivity contribution in [3.8, 4) is 0 Å². The predicted octanol–water partition coefficient (Wildman–Crippen LogP) is 3.75. The van der Waals surface area contributed by atoms with Gasteiger partial charge in [-0.05, 0) is 37.3 Å². The van der Waals surface area contributed by atoms with Gasteiger partial charge in [-0.15, -0.1) is 0 Å². The fraction of sp³-hybridized carbons (Fsp3) is 0.474. The second-order valence-corrected chi connectivity index (χ2v) is 6.26. The third kappa shape index (κ3) is 3.13. The number of nitrogens with zero attached hydrogens (tertiary/aromatic N) is 1.